The van der Waals surface area contributed by atoms with E-state index in [4.69, 9.17) is 0 Å². The number of hydrogen-bond acceptors (Lipinski definition) is 7. The van der Waals surface area contributed by atoms with E-state index < -0.39 is 28.6 Å². The van der Waals surface area contributed by atoms with Crippen LogP contribution in [0, 0.1) is 0 Å². The lowest BCUT2D eigenvalue weighted by Gasteiger charge is -2.29. The van der Waals surface area contributed by atoms with Crippen molar-refractivity contribution in [2.75, 3.05) is 26.7 Å². The second-order valence-electron chi connectivity index (χ2n) is 7.25. The highest BCUT2D eigenvalue weighted by Gasteiger charge is 2.37. The van der Waals surface area contributed by atoms with Crippen molar-refractivity contribution in [3.63, 3.8) is 0 Å². The van der Waals surface area contributed by atoms with Crippen molar-refractivity contribution >= 4 is 21.9 Å². The minimum Gasteiger partial charge on any atom is -0.468 e. The number of amides is 1. The van der Waals surface area contributed by atoms with Crippen molar-refractivity contribution in [2.45, 2.75) is 30.4 Å². The van der Waals surface area contributed by atoms with Gasteiger partial charge in [0.05, 0.1) is 31.1 Å². The summed E-state index contributed by atoms with van der Waals surface area (Å²) in [5, 5.41) is 9.70. The van der Waals surface area contributed by atoms with Gasteiger partial charge in [-0.25, -0.2) is 13.4 Å². The molecule has 160 valence electrons. The molecule has 0 atom stereocenters. The molecular formula is C19H22N4O6S. The zero-order valence-corrected chi connectivity index (χ0v) is 17.2. The van der Waals surface area contributed by atoms with Gasteiger partial charge in [0.2, 0.25) is 10.0 Å². The highest BCUT2D eigenvalue weighted by molar-refractivity contribution is 7.89. The first kappa shape index (κ1) is 20.5. The number of imidazole rings is 1. The number of methoxy groups -OCH3 is 1. The Kier molecular flexibility index (Phi) is 5.35. The maximum atomic E-state index is 13.2. The zero-order chi connectivity index (χ0) is 21.5. The second kappa shape index (κ2) is 7.82. The number of benzene rings is 1. The maximum Gasteiger partial charge on any atom is 0.321 e. The zero-order valence-electron chi connectivity index (χ0n) is 16.4. The van der Waals surface area contributed by atoms with Gasteiger partial charge in [0.1, 0.15) is 17.8 Å². The van der Waals surface area contributed by atoms with Crippen molar-refractivity contribution in [3.8, 4) is 5.69 Å². The van der Waals surface area contributed by atoms with Crippen molar-refractivity contribution < 1.29 is 27.9 Å². The van der Waals surface area contributed by atoms with Gasteiger partial charge in [-0.05, 0) is 25.0 Å². The molecule has 1 amide bonds. The van der Waals surface area contributed by atoms with E-state index in [9.17, 15) is 23.1 Å². The monoisotopic (exact) mass is 434 g/mol. The first-order valence-corrected chi connectivity index (χ1v) is 11.0. The van der Waals surface area contributed by atoms with Gasteiger partial charge in [-0.3, -0.25) is 14.2 Å². The van der Waals surface area contributed by atoms with Crippen LogP contribution in [0.1, 0.15) is 29.0 Å². The highest BCUT2D eigenvalue weighted by atomic mass is 32.2. The molecule has 0 bridgehead atoms. The van der Waals surface area contributed by atoms with Crippen LogP contribution in [0.25, 0.3) is 5.69 Å². The summed E-state index contributed by atoms with van der Waals surface area (Å²) in [5.41, 5.74) is 0.872. The van der Waals surface area contributed by atoms with E-state index >= 15 is 0 Å². The molecule has 1 fully saturated rings. The Hall–Kier alpha value is -2.76. The van der Waals surface area contributed by atoms with Gasteiger partial charge in [0.25, 0.3) is 5.91 Å². The molecular weight excluding hydrogens is 412 g/mol. The van der Waals surface area contributed by atoms with Crippen LogP contribution in [0.3, 0.4) is 0 Å². The van der Waals surface area contributed by atoms with E-state index in [0.717, 1.165) is 4.31 Å². The number of hydrogen-bond donors (Lipinski definition) is 1. The highest BCUT2D eigenvalue weighted by Crippen LogP contribution is 2.31. The van der Waals surface area contributed by atoms with E-state index in [1.165, 1.54) is 19.5 Å². The number of nitrogens with zero attached hydrogens (tertiary/aromatic N) is 4. The number of aromatic nitrogens is 2. The van der Waals surface area contributed by atoms with E-state index in [-0.39, 0.29) is 23.0 Å². The minimum absolute atomic E-state index is 0.0187. The summed E-state index contributed by atoms with van der Waals surface area (Å²) in [4.78, 5) is 30.9. The Bertz CT molecular complexity index is 1090. The van der Waals surface area contributed by atoms with E-state index in [2.05, 4.69) is 9.72 Å². The molecule has 1 N–H and O–H groups in total. The fraction of sp³-hybridized carbons (Fsp3) is 0.421. The number of esters is 1. The van der Waals surface area contributed by atoms with Gasteiger partial charge in [0, 0.05) is 13.1 Å². The lowest BCUT2D eigenvalue weighted by Crippen LogP contribution is -2.41. The first-order chi connectivity index (χ1) is 14.3. The summed E-state index contributed by atoms with van der Waals surface area (Å²) in [6.07, 6.45) is 1.96. The lowest BCUT2D eigenvalue weighted by atomic mass is 10.1. The number of carbonyl (C=O) groups excluding carboxylic acids is 2. The average Bonchev–Trinajstić information content (AvgIpc) is 3.13. The second-order valence-corrected chi connectivity index (χ2v) is 9.16. The molecule has 2 aliphatic heterocycles. The molecule has 4 rings (SSSR count). The summed E-state index contributed by atoms with van der Waals surface area (Å²) >= 11 is 0. The molecule has 30 heavy (non-hydrogen) atoms. The van der Waals surface area contributed by atoms with Gasteiger partial charge in [-0.1, -0.05) is 12.1 Å². The fourth-order valence-corrected chi connectivity index (χ4v) is 5.27. The number of para-hydroxylation sites is 1. The number of aliphatic hydroxyl groups is 1. The van der Waals surface area contributed by atoms with E-state index in [1.807, 2.05) is 0 Å². The largest absolute Gasteiger partial charge is 0.468 e. The molecule has 2 aromatic rings. The predicted octanol–water partition coefficient (Wildman–Crippen LogP) is 0.147. The molecule has 2 aliphatic rings. The van der Waals surface area contributed by atoms with Gasteiger partial charge in [0.15, 0.2) is 5.69 Å². The summed E-state index contributed by atoms with van der Waals surface area (Å²) in [6.45, 7) is 0.103. The van der Waals surface area contributed by atoms with Crippen LogP contribution in [0.4, 0.5) is 0 Å². The Morgan fingerprint density at radius 1 is 1.23 bits per heavy atom. The summed E-state index contributed by atoms with van der Waals surface area (Å²) in [7, 11) is -2.83. The number of sulfonamides is 1. The number of likely N-dealkylation sites (tertiary alicyclic amines) is 1. The Balaban J connectivity index is 1.80. The average molecular weight is 434 g/mol. The lowest BCUT2D eigenvalue weighted by molar-refractivity contribution is -0.140. The number of aliphatic hydroxyl groups excluding tert-OH is 1. The Morgan fingerprint density at radius 3 is 2.63 bits per heavy atom. The van der Waals surface area contributed by atoms with Crippen LogP contribution >= 0.6 is 0 Å². The third-order valence-electron chi connectivity index (χ3n) is 5.42. The maximum absolute atomic E-state index is 13.2. The Labute approximate surface area is 173 Å². The van der Waals surface area contributed by atoms with Crippen LogP contribution in [0.5, 0.6) is 0 Å². The third kappa shape index (κ3) is 3.48. The molecule has 3 heterocycles. The van der Waals surface area contributed by atoms with Crippen molar-refractivity contribution in [2.24, 2.45) is 0 Å². The molecule has 0 radical (unpaired) electrons. The van der Waals surface area contributed by atoms with Crippen LogP contribution in [-0.2, 0) is 26.1 Å². The predicted molar refractivity (Wildman–Crippen MR) is 104 cm³/mol. The van der Waals surface area contributed by atoms with Crippen molar-refractivity contribution in [1.29, 1.82) is 0 Å². The van der Waals surface area contributed by atoms with Crippen LogP contribution in [0.15, 0.2) is 35.5 Å². The minimum atomic E-state index is -4.01. The number of ether oxygens (including phenoxy) is 1. The third-order valence-corrected chi connectivity index (χ3v) is 7.26. The summed E-state index contributed by atoms with van der Waals surface area (Å²) < 4.78 is 33.7. The number of rotatable bonds is 3. The van der Waals surface area contributed by atoms with Gasteiger partial charge in [-0.15, -0.1) is 0 Å². The van der Waals surface area contributed by atoms with Crippen molar-refractivity contribution in [3.05, 3.63) is 42.0 Å². The van der Waals surface area contributed by atoms with Gasteiger partial charge in [-0.2, -0.15) is 4.31 Å². The molecule has 1 saturated heterocycles. The van der Waals surface area contributed by atoms with Crippen LogP contribution < -0.4 is 0 Å². The standard InChI is InChI=1S/C19H22N4O6S/c1-29-17(25)11-22-10-15-18(19(26)21-8-6-13(24)7-9-21)20-12-23(15)14-4-2-3-5-16(14)30(22,27)28/h2-5,12-13,24H,6-11H2,1H3. The molecule has 10 nitrogen and oxygen atoms in total. The van der Waals surface area contributed by atoms with Crippen LogP contribution in [-0.4, -0.2) is 77.0 Å². The number of carbonyl (C=O) groups is 2. The van der Waals surface area contributed by atoms with Crippen LogP contribution in [0.2, 0.25) is 0 Å². The first-order valence-electron chi connectivity index (χ1n) is 9.53. The normalized spacial score (nSPS) is 18.9. The SMILES string of the molecule is COC(=O)CN1Cc2c(C(=O)N3CCC(O)CC3)ncn2-c2ccccc2S1(=O)=O. The van der Waals surface area contributed by atoms with Gasteiger partial charge >= 0.3 is 5.97 Å². The smallest absolute Gasteiger partial charge is 0.321 e. The molecule has 0 saturated carbocycles. The molecule has 0 spiro atoms. The number of piperidine rings is 1. The quantitative estimate of drug-likeness (QED) is 0.682. The van der Waals surface area contributed by atoms with Gasteiger partial charge < -0.3 is 14.7 Å². The molecule has 11 heteroatoms. The Morgan fingerprint density at radius 2 is 1.93 bits per heavy atom. The van der Waals surface area contributed by atoms with E-state index in [1.54, 1.807) is 27.7 Å². The molecule has 1 aromatic heterocycles. The number of fused-ring (bicyclic) bond motifs is 3. The summed E-state index contributed by atoms with van der Waals surface area (Å²) in [6, 6.07) is 6.38. The summed E-state index contributed by atoms with van der Waals surface area (Å²) in [5.74, 6) is -1.03. The molecule has 0 unspecified atom stereocenters. The van der Waals surface area contributed by atoms with Crippen molar-refractivity contribution in [1.82, 2.24) is 18.8 Å². The molecule has 0 aliphatic carbocycles. The topological polar surface area (TPSA) is 122 Å². The molecule has 1 aromatic carbocycles. The van der Waals surface area contributed by atoms with E-state index in [0.29, 0.717) is 37.3 Å². The fourth-order valence-electron chi connectivity index (χ4n) is 3.74.